The molecule has 0 spiro atoms. The normalized spacial score (nSPS) is 13.0. The molecule has 21 heavy (non-hydrogen) atoms. The van der Waals surface area contributed by atoms with Crippen LogP contribution < -0.4 is 4.74 Å². The first-order chi connectivity index (χ1) is 9.73. The Labute approximate surface area is 125 Å². The molecule has 0 aliphatic heterocycles. The summed E-state index contributed by atoms with van der Waals surface area (Å²) in [7, 11) is 0.379. The lowest BCUT2D eigenvalue weighted by Gasteiger charge is -2.21. The van der Waals surface area contributed by atoms with E-state index in [0.717, 1.165) is 9.87 Å². The van der Waals surface area contributed by atoms with Crippen LogP contribution in [0.25, 0.3) is 0 Å². The number of carbonyl (C=O) groups is 1. The van der Waals surface area contributed by atoms with Gasteiger partial charge in [-0.25, -0.2) is 8.42 Å². The lowest BCUT2D eigenvalue weighted by Crippen LogP contribution is -2.34. The van der Waals surface area contributed by atoms with Crippen molar-refractivity contribution in [3.63, 3.8) is 0 Å². The Balaban J connectivity index is 3.11. The number of carbonyl (C=O) groups excluding carboxylic acids is 1. The van der Waals surface area contributed by atoms with Gasteiger partial charge in [-0.05, 0) is 24.6 Å². The standard InChI is InChI=1S/C14H21NO5S/c1-10-6-7-12(19-4)13(8-10)21(17,18)15(3)9-11(2)14(16)20-5/h6-8,11H,9H2,1-5H3. The van der Waals surface area contributed by atoms with Gasteiger partial charge in [0.25, 0.3) is 0 Å². The molecule has 6 nitrogen and oxygen atoms in total. The number of hydrogen-bond donors (Lipinski definition) is 0. The van der Waals surface area contributed by atoms with E-state index in [2.05, 4.69) is 4.74 Å². The van der Waals surface area contributed by atoms with E-state index in [-0.39, 0.29) is 17.2 Å². The molecule has 1 rings (SSSR count). The van der Waals surface area contributed by atoms with Gasteiger partial charge in [-0.1, -0.05) is 13.0 Å². The van der Waals surface area contributed by atoms with Gasteiger partial charge in [0, 0.05) is 13.6 Å². The minimum atomic E-state index is -3.74. The summed E-state index contributed by atoms with van der Waals surface area (Å²) in [4.78, 5) is 11.5. The van der Waals surface area contributed by atoms with Gasteiger partial charge in [-0.3, -0.25) is 4.79 Å². The maximum Gasteiger partial charge on any atom is 0.309 e. The molecule has 0 aliphatic rings. The second-order valence-electron chi connectivity index (χ2n) is 4.86. The SMILES string of the molecule is COC(=O)C(C)CN(C)S(=O)(=O)c1cc(C)ccc1OC. The number of aryl methyl sites for hydroxylation is 1. The number of esters is 1. The number of ether oxygens (including phenoxy) is 2. The van der Waals surface area contributed by atoms with Crippen molar-refractivity contribution in [2.45, 2.75) is 18.7 Å². The van der Waals surface area contributed by atoms with E-state index in [1.165, 1.54) is 21.3 Å². The molecule has 0 aromatic heterocycles. The fraction of sp³-hybridized carbons (Fsp3) is 0.500. The van der Waals surface area contributed by atoms with Crippen LogP contribution in [0.2, 0.25) is 0 Å². The molecule has 0 radical (unpaired) electrons. The molecule has 0 aliphatic carbocycles. The smallest absolute Gasteiger partial charge is 0.309 e. The summed E-state index contributed by atoms with van der Waals surface area (Å²) in [5.41, 5.74) is 0.809. The largest absolute Gasteiger partial charge is 0.495 e. The topological polar surface area (TPSA) is 72.9 Å². The van der Waals surface area contributed by atoms with Gasteiger partial charge >= 0.3 is 5.97 Å². The van der Waals surface area contributed by atoms with E-state index in [1.54, 1.807) is 32.0 Å². The first kappa shape index (κ1) is 17.5. The molecule has 1 aromatic rings. The minimum Gasteiger partial charge on any atom is -0.495 e. The monoisotopic (exact) mass is 315 g/mol. The molecule has 0 saturated carbocycles. The summed E-state index contributed by atoms with van der Waals surface area (Å²) in [6.07, 6.45) is 0. The molecular formula is C14H21NO5S. The van der Waals surface area contributed by atoms with Crippen LogP contribution in [0.4, 0.5) is 0 Å². The Kier molecular flexibility index (Phi) is 5.74. The van der Waals surface area contributed by atoms with Gasteiger partial charge in [0.05, 0.1) is 20.1 Å². The Morgan fingerprint density at radius 2 is 1.95 bits per heavy atom. The van der Waals surface area contributed by atoms with Gasteiger partial charge < -0.3 is 9.47 Å². The van der Waals surface area contributed by atoms with Gasteiger partial charge in [-0.2, -0.15) is 4.31 Å². The number of benzene rings is 1. The van der Waals surface area contributed by atoms with Crippen LogP contribution in [-0.2, 0) is 19.6 Å². The van der Waals surface area contributed by atoms with Crippen LogP contribution in [-0.4, -0.2) is 46.5 Å². The van der Waals surface area contributed by atoms with Crippen LogP contribution in [0.3, 0.4) is 0 Å². The average Bonchev–Trinajstić information content (AvgIpc) is 2.45. The summed E-state index contributed by atoms with van der Waals surface area (Å²) in [6, 6.07) is 4.93. The van der Waals surface area contributed by atoms with E-state index >= 15 is 0 Å². The lowest BCUT2D eigenvalue weighted by molar-refractivity contribution is -0.144. The zero-order chi connectivity index (χ0) is 16.2. The Bertz CT molecular complexity index is 612. The second-order valence-corrected chi connectivity index (χ2v) is 6.88. The summed E-state index contributed by atoms with van der Waals surface area (Å²) in [6.45, 7) is 3.45. The summed E-state index contributed by atoms with van der Waals surface area (Å²) in [5, 5.41) is 0. The van der Waals surface area contributed by atoms with Crippen molar-refractivity contribution < 1.29 is 22.7 Å². The predicted octanol–water partition coefficient (Wildman–Crippen LogP) is 1.43. The Hall–Kier alpha value is -1.60. The number of nitrogens with zero attached hydrogens (tertiary/aromatic N) is 1. The number of rotatable bonds is 6. The first-order valence-electron chi connectivity index (χ1n) is 6.42. The summed E-state index contributed by atoms with van der Waals surface area (Å²) < 4.78 is 36.1. The van der Waals surface area contributed by atoms with Crippen molar-refractivity contribution in [2.75, 3.05) is 27.8 Å². The predicted molar refractivity (Wildman–Crippen MR) is 78.7 cm³/mol. The summed E-state index contributed by atoms with van der Waals surface area (Å²) in [5.74, 6) is -0.725. The van der Waals surface area contributed by atoms with E-state index in [1.807, 2.05) is 0 Å². The van der Waals surface area contributed by atoms with Crippen LogP contribution in [0, 0.1) is 12.8 Å². The second kappa shape index (κ2) is 6.91. The third-order valence-electron chi connectivity index (χ3n) is 3.14. The molecule has 0 saturated heterocycles. The van der Waals surface area contributed by atoms with Gasteiger partial charge in [0.2, 0.25) is 10.0 Å². The molecule has 1 atom stereocenters. The molecular weight excluding hydrogens is 294 g/mol. The van der Waals surface area contributed by atoms with Crippen LogP contribution in [0.5, 0.6) is 5.75 Å². The van der Waals surface area contributed by atoms with Crippen molar-refractivity contribution in [1.29, 1.82) is 0 Å². The van der Waals surface area contributed by atoms with Crippen LogP contribution in [0.15, 0.2) is 23.1 Å². The Morgan fingerprint density at radius 1 is 1.33 bits per heavy atom. The molecule has 0 bridgehead atoms. The van der Waals surface area contributed by atoms with Gasteiger partial charge in [-0.15, -0.1) is 0 Å². The third-order valence-corrected chi connectivity index (χ3v) is 4.99. The van der Waals surface area contributed by atoms with E-state index in [9.17, 15) is 13.2 Å². The van der Waals surface area contributed by atoms with E-state index in [0.29, 0.717) is 0 Å². The van der Waals surface area contributed by atoms with Crippen molar-refractivity contribution in [2.24, 2.45) is 5.92 Å². The number of sulfonamides is 1. The Morgan fingerprint density at radius 3 is 2.48 bits per heavy atom. The molecule has 118 valence electrons. The quantitative estimate of drug-likeness (QED) is 0.743. The van der Waals surface area contributed by atoms with Gasteiger partial charge in [0.15, 0.2) is 0 Å². The van der Waals surface area contributed by atoms with E-state index < -0.39 is 21.9 Å². The van der Waals surface area contributed by atoms with Crippen molar-refractivity contribution >= 4 is 16.0 Å². The average molecular weight is 315 g/mol. The van der Waals surface area contributed by atoms with Gasteiger partial charge in [0.1, 0.15) is 10.6 Å². The molecule has 1 unspecified atom stereocenters. The van der Waals surface area contributed by atoms with Crippen LogP contribution >= 0.6 is 0 Å². The number of hydrogen-bond acceptors (Lipinski definition) is 5. The highest BCUT2D eigenvalue weighted by Gasteiger charge is 2.28. The minimum absolute atomic E-state index is 0.0338. The maximum atomic E-state index is 12.6. The van der Waals surface area contributed by atoms with Crippen LogP contribution in [0.1, 0.15) is 12.5 Å². The molecule has 0 N–H and O–H groups in total. The summed E-state index contributed by atoms with van der Waals surface area (Å²) >= 11 is 0. The fourth-order valence-electron chi connectivity index (χ4n) is 1.91. The first-order valence-corrected chi connectivity index (χ1v) is 7.86. The van der Waals surface area contributed by atoms with Crippen molar-refractivity contribution in [1.82, 2.24) is 4.31 Å². The fourth-order valence-corrected chi connectivity index (χ4v) is 3.41. The lowest BCUT2D eigenvalue weighted by atomic mass is 10.2. The maximum absolute atomic E-state index is 12.6. The molecule has 0 amide bonds. The highest BCUT2D eigenvalue weighted by atomic mass is 32.2. The van der Waals surface area contributed by atoms with Crippen molar-refractivity contribution in [3.05, 3.63) is 23.8 Å². The zero-order valence-electron chi connectivity index (χ0n) is 12.9. The zero-order valence-corrected chi connectivity index (χ0v) is 13.7. The molecule has 1 aromatic carbocycles. The van der Waals surface area contributed by atoms with E-state index in [4.69, 9.17) is 4.74 Å². The third kappa shape index (κ3) is 3.95. The highest BCUT2D eigenvalue weighted by Crippen LogP contribution is 2.27. The molecule has 7 heteroatoms. The van der Waals surface area contributed by atoms with Crippen molar-refractivity contribution in [3.8, 4) is 5.75 Å². The number of methoxy groups -OCH3 is 2. The molecule has 0 fully saturated rings. The molecule has 0 heterocycles. The highest BCUT2D eigenvalue weighted by molar-refractivity contribution is 7.89.